The third kappa shape index (κ3) is 4.18. The van der Waals surface area contributed by atoms with Gasteiger partial charge in [0, 0.05) is 18.7 Å². The first-order valence-electron chi connectivity index (χ1n) is 8.03. The monoisotopic (exact) mass is 360 g/mol. The van der Waals surface area contributed by atoms with Crippen LogP contribution in [0.25, 0.3) is 0 Å². The zero-order valence-electron chi connectivity index (χ0n) is 13.9. The molecule has 7 heteroatoms. The summed E-state index contributed by atoms with van der Waals surface area (Å²) in [5, 5.41) is 2.80. The summed E-state index contributed by atoms with van der Waals surface area (Å²) in [5.74, 6) is 0.642. The van der Waals surface area contributed by atoms with Crippen molar-refractivity contribution in [2.45, 2.75) is 30.7 Å². The summed E-state index contributed by atoms with van der Waals surface area (Å²) in [6, 6.07) is 12.0. The molecule has 2 aromatic carbocycles. The molecule has 132 valence electrons. The van der Waals surface area contributed by atoms with E-state index in [2.05, 4.69) is 10.0 Å². The number of rotatable bonds is 5. The average Bonchev–Trinajstić information content (AvgIpc) is 2.80. The summed E-state index contributed by atoms with van der Waals surface area (Å²) in [6.45, 7) is 0.174. The first-order chi connectivity index (χ1) is 12.0. The predicted octanol–water partition coefficient (Wildman–Crippen LogP) is 2.45. The highest BCUT2D eigenvalue weighted by atomic mass is 32.2. The molecule has 25 heavy (non-hydrogen) atoms. The Hall–Kier alpha value is -2.38. The van der Waals surface area contributed by atoms with Crippen molar-refractivity contribution >= 4 is 21.6 Å². The molecule has 0 unspecified atom stereocenters. The second-order valence-electron chi connectivity index (χ2n) is 5.90. The largest absolute Gasteiger partial charge is 0.497 e. The van der Waals surface area contributed by atoms with E-state index in [1.54, 1.807) is 31.4 Å². The smallest absolute Gasteiger partial charge is 0.240 e. The van der Waals surface area contributed by atoms with Crippen LogP contribution in [0.2, 0.25) is 0 Å². The number of ether oxygens (including phenoxy) is 1. The number of hydrogen-bond donors (Lipinski definition) is 2. The van der Waals surface area contributed by atoms with E-state index >= 15 is 0 Å². The molecule has 0 atom stereocenters. The maximum absolute atomic E-state index is 12.6. The number of hydrogen-bond acceptors (Lipinski definition) is 4. The molecule has 6 nitrogen and oxygen atoms in total. The lowest BCUT2D eigenvalue weighted by molar-refractivity contribution is -0.116. The highest BCUT2D eigenvalue weighted by Crippen LogP contribution is 2.25. The van der Waals surface area contributed by atoms with Gasteiger partial charge in [-0.05, 0) is 54.3 Å². The van der Waals surface area contributed by atoms with E-state index in [0.717, 1.165) is 11.1 Å². The van der Waals surface area contributed by atoms with Crippen LogP contribution >= 0.6 is 0 Å². The lowest BCUT2D eigenvalue weighted by atomic mass is 10.1. The van der Waals surface area contributed by atoms with E-state index in [1.807, 2.05) is 12.1 Å². The van der Waals surface area contributed by atoms with Crippen molar-refractivity contribution in [3.63, 3.8) is 0 Å². The Labute approximate surface area is 147 Å². The second-order valence-corrected chi connectivity index (χ2v) is 7.66. The minimum atomic E-state index is -3.64. The zero-order valence-corrected chi connectivity index (χ0v) is 14.7. The van der Waals surface area contributed by atoms with Gasteiger partial charge in [-0.3, -0.25) is 4.79 Å². The van der Waals surface area contributed by atoms with Crippen molar-refractivity contribution in [3.8, 4) is 5.75 Å². The molecule has 0 bridgehead atoms. The number of aryl methyl sites for hydroxylation is 1. The minimum absolute atomic E-state index is 0.0366. The number of benzene rings is 2. The van der Waals surface area contributed by atoms with Crippen molar-refractivity contribution in [2.24, 2.45) is 0 Å². The van der Waals surface area contributed by atoms with Crippen LogP contribution in [0.5, 0.6) is 5.75 Å². The van der Waals surface area contributed by atoms with E-state index in [4.69, 9.17) is 4.74 Å². The molecular formula is C18H20N2O4S. The number of fused-ring (bicyclic) bond motifs is 1. The topological polar surface area (TPSA) is 84.5 Å². The van der Waals surface area contributed by atoms with Gasteiger partial charge in [0.15, 0.2) is 0 Å². The van der Waals surface area contributed by atoms with Crippen LogP contribution in [0.15, 0.2) is 47.4 Å². The SMILES string of the molecule is COc1cccc(CNS(=O)(=O)c2ccc3c(c2)CCCC(=O)N3)c1. The van der Waals surface area contributed by atoms with Gasteiger partial charge >= 0.3 is 0 Å². The zero-order chi connectivity index (χ0) is 17.9. The summed E-state index contributed by atoms with van der Waals surface area (Å²) >= 11 is 0. The van der Waals surface area contributed by atoms with Crippen LogP contribution in [0.4, 0.5) is 5.69 Å². The Morgan fingerprint density at radius 2 is 2.00 bits per heavy atom. The minimum Gasteiger partial charge on any atom is -0.497 e. The molecule has 0 fully saturated rings. The van der Waals surface area contributed by atoms with Crippen LogP contribution in [0.3, 0.4) is 0 Å². The van der Waals surface area contributed by atoms with Crippen molar-refractivity contribution in [3.05, 3.63) is 53.6 Å². The summed E-state index contributed by atoms with van der Waals surface area (Å²) in [6.07, 6.45) is 1.83. The highest BCUT2D eigenvalue weighted by molar-refractivity contribution is 7.89. The van der Waals surface area contributed by atoms with Gasteiger partial charge in [-0.1, -0.05) is 12.1 Å². The van der Waals surface area contributed by atoms with Crippen LogP contribution in [0.1, 0.15) is 24.0 Å². The summed E-state index contributed by atoms with van der Waals surface area (Å²) < 4.78 is 32.9. The number of amides is 1. The van der Waals surface area contributed by atoms with Crippen LogP contribution in [-0.2, 0) is 27.8 Å². The van der Waals surface area contributed by atoms with Gasteiger partial charge < -0.3 is 10.1 Å². The Bertz CT molecular complexity index is 894. The maximum atomic E-state index is 12.6. The second kappa shape index (κ2) is 7.25. The van der Waals surface area contributed by atoms with E-state index < -0.39 is 10.0 Å². The number of anilines is 1. The third-order valence-electron chi connectivity index (χ3n) is 4.11. The molecule has 0 aromatic heterocycles. The molecule has 1 amide bonds. The lowest BCUT2D eigenvalue weighted by Gasteiger charge is -2.11. The molecule has 2 N–H and O–H groups in total. The molecular weight excluding hydrogens is 340 g/mol. The van der Waals surface area contributed by atoms with E-state index in [0.29, 0.717) is 30.7 Å². The van der Waals surface area contributed by atoms with Gasteiger partial charge in [0.2, 0.25) is 15.9 Å². The van der Waals surface area contributed by atoms with Gasteiger partial charge in [0.25, 0.3) is 0 Å². The lowest BCUT2D eigenvalue weighted by Crippen LogP contribution is -2.23. The van der Waals surface area contributed by atoms with Gasteiger partial charge in [0.05, 0.1) is 12.0 Å². The fraction of sp³-hybridized carbons (Fsp3) is 0.278. The van der Waals surface area contributed by atoms with Crippen LogP contribution in [-0.4, -0.2) is 21.4 Å². The Balaban J connectivity index is 1.78. The molecule has 0 aliphatic carbocycles. The molecule has 0 saturated heterocycles. The van der Waals surface area contributed by atoms with Crippen LogP contribution < -0.4 is 14.8 Å². The average molecular weight is 360 g/mol. The quantitative estimate of drug-likeness (QED) is 0.858. The van der Waals surface area contributed by atoms with Crippen molar-refractivity contribution < 1.29 is 17.9 Å². The first kappa shape index (κ1) is 17.4. The number of methoxy groups -OCH3 is 1. The number of sulfonamides is 1. The standard InChI is InChI=1S/C18H20N2O4S/c1-24-15-6-2-4-13(10-15)12-19-25(22,23)16-8-9-17-14(11-16)5-3-7-18(21)20-17/h2,4,6,8-11,19H,3,5,7,12H2,1H3,(H,20,21). The third-order valence-corrected chi connectivity index (χ3v) is 5.51. The molecule has 1 aliphatic rings. The maximum Gasteiger partial charge on any atom is 0.240 e. The van der Waals surface area contributed by atoms with Gasteiger partial charge in [-0.2, -0.15) is 0 Å². The number of nitrogens with one attached hydrogen (secondary N) is 2. The number of carbonyl (C=O) groups is 1. The molecule has 0 spiro atoms. The molecule has 0 saturated carbocycles. The van der Waals surface area contributed by atoms with Crippen molar-refractivity contribution in [2.75, 3.05) is 12.4 Å². The van der Waals surface area contributed by atoms with E-state index in [-0.39, 0.29) is 17.3 Å². The molecule has 0 radical (unpaired) electrons. The molecule has 1 aliphatic heterocycles. The molecule has 1 heterocycles. The summed E-state index contributed by atoms with van der Waals surface area (Å²) in [7, 11) is -2.07. The highest BCUT2D eigenvalue weighted by Gasteiger charge is 2.18. The Morgan fingerprint density at radius 3 is 2.80 bits per heavy atom. The summed E-state index contributed by atoms with van der Waals surface area (Å²) in [4.78, 5) is 11.8. The van der Waals surface area contributed by atoms with Gasteiger partial charge in [-0.25, -0.2) is 13.1 Å². The van der Waals surface area contributed by atoms with Gasteiger partial charge in [-0.15, -0.1) is 0 Å². The molecule has 2 aromatic rings. The summed E-state index contributed by atoms with van der Waals surface area (Å²) in [5.41, 5.74) is 2.34. The van der Waals surface area contributed by atoms with Gasteiger partial charge in [0.1, 0.15) is 5.75 Å². The fourth-order valence-corrected chi connectivity index (χ4v) is 3.83. The normalized spacial score (nSPS) is 14.4. The fourth-order valence-electron chi connectivity index (χ4n) is 2.76. The number of carbonyl (C=O) groups excluding carboxylic acids is 1. The Kier molecular flexibility index (Phi) is 5.06. The molecule has 3 rings (SSSR count). The van der Waals surface area contributed by atoms with Crippen LogP contribution in [0, 0.1) is 0 Å². The van der Waals surface area contributed by atoms with E-state index in [9.17, 15) is 13.2 Å². The first-order valence-corrected chi connectivity index (χ1v) is 9.51. The van der Waals surface area contributed by atoms with Crippen molar-refractivity contribution in [1.29, 1.82) is 0 Å². The predicted molar refractivity (Wildman–Crippen MR) is 95.0 cm³/mol. The Morgan fingerprint density at radius 1 is 1.16 bits per heavy atom. The van der Waals surface area contributed by atoms with Crippen molar-refractivity contribution in [1.82, 2.24) is 4.72 Å². The van der Waals surface area contributed by atoms with E-state index in [1.165, 1.54) is 6.07 Å².